The first-order chi connectivity index (χ1) is 21.9. The number of amides is 4. The van der Waals surface area contributed by atoms with E-state index in [0.717, 1.165) is 41.3 Å². The lowest BCUT2D eigenvalue weighted by Crippen LogP contribution is -2.55. The third-order valence-corrected chi connectivity index (χ3v) is 6.91. The van der Waals surface area contributed by atoms with E-state index < -0.39 is 71.7 Å². The normalized spacial score (nSPS) is 13.7. The van der Waals surface area contributed by atoms with Crippen LogP contribution < -0.4 is 27.8 Å². The number of hydrogen-bond donors (Lipinski definition) is 6. The van der Waals surface area contributed by atoms with Crippen molar-refractivity contribution < 1.29 is 50.6 Å². The van der Waals surface area contributed by atoms with Crippen LogP contribution in [0.25, 0.3) is 0 Å². The summed E-state index contributed by atoms with van der Waals surface area (Å²) in [4.78, 5) is 53.8. The van der Waals surface area contributed by atoms with Crippen LogP contribution in [0.15, 0.2) is 48.5 Å². The third-order valence-electron chi connectivity index (χ3n) is 6.91. The van der Waals surface area contributed by atoms with Gasteiger partial charge in [0.05, 0.1) is 23.6 Å². The van der Waals surface area contributed by atoms with Crippen LogP contribution in [-0.2, 0) is 26.7 Å². The van der Waals surface area contributed by atoms with Crippen LogP contribution in [0.2, 0.25) is 0 Å². The SMILES string of the molecule is CN(CCNC(=O)[C@@H](NC(=O)[C@@H](N)CC(=O)N(CCN)CCN)[C@H](O)c1ccc(C(F)(F)F)cc1)C(=O)c1ccc(C(F)(F)F)cc1. The first-order valence-corrected chi connectivity index (χ1v) is 14.2. The van der Waals surface area contributed by atoms with Crippen molar-refractivity contribution in [3.05, 3.63) is 70.8 Å². The highest BCUT2D eigenvalue weighted by Gasteiger charge is 2.34. The number of nitrogens with one attached hydrogen (secondary N) is 2. The van der Waals surface area contributed by atoms with E-state index in [1.807, 2.05) is 0 Å². The van der Waals surface area contributed by atoms with Gasteiger partial charge >= 0.3 is 12.4 Å². The molecule has 2 aromatic carbocycles. The van der Waals surface area contributed by atoms with Gasteiger partial charge in [-0.15, -0.1) is 0 Å². The summed E-state index contributed by atoms with van der Waals surface area (Å²) in [7, 11) is 1.32. The van der Waals surface area contributed by atoms with Crippen molar-refractivity contribution in [3.8, 4) is 0 Å². The van der Waals surface area contributed by atoms with Crippen LogP contribution in [0.4, 0.5) is 26.3 Å². The number of carbonyl (C=O) groups is 4. The van der Waals surface area contributed by atoms with Gasteiger partial charge in [-0.1, -0.05) is 12.1 Å². The zero-order valence-electron chi connectivity index (χ0n) is 25.3. The summed E-state index contributed by atoms with van der Waals surface area (Å²) in [5.74, 6) is -3.29. The Bertz CT molecular complexity index is 1350. The van der Waals surface area contributed by atoms with Crippen molar-refractivity contribution in [1.29, 1.82) is 0 Å². The highest BCUT2D eigenvalue weighted by atomic mass is 19.4. The fourth-order valence-electron chi connectivity index (χ4n) is 4.27. The Labute approximate surface area is 266 Å². The summed E-state index contributed by atoms with van der Waals surface area (Å²) in [6.07, 6.45) is -11.7. The number of aliphatic hydroxyl groups is 1. The Morgan fingerprint density at radius 1 is 0.809 bits per heavy atom. The van der Waals surface area contributed by atoms with E-state index >= 15 is 0 Å². The highest BCUT2D eigenvalue weighted by molar-refractivity contribution is 5.94. The third kappa shape index (κ3) is 11.5. The van der Waals surface area contributed by atoms with E-state index in [9.17, 15) is 50.6 Å². The van der Waals surface area contributed by atoms with Crippen molar-refractivity contribution in [2.45, 2.75) is 37.0 Å². The summed E-state index contributed by atoms with van der Waals surface area (Å²) in [5, 5.41) is 15.6. The van der Waals surface area contributed by atoms with Gasteiger partial charge in [-0.2, -0.15) is 26.3 Å². The minimum Gasteiger partial charge on any atom is -0.386 e. The molecule has 0 aliphatic carbocycles. The lowest BCUT2D eigenvalue weighted by molar-refractivity contribution is -0.138. The summed E-state index contributed by atoms with van der Waals surface area (Å²) in [6, 6.07) is 3.31. The van der Waals surface area contributed by atoms with Gasteiger partial charge in [-0.25, -0.2) is 0 Å². The van der Waals surface area contributed by atoms with Gasteiger partial charge in [0.2, 0.25) is 17.7 Å². The van der Waals surface area contributed by atoms with E-state index in [1.54, 1.807) is 0 Å². The fourth-order valence-corrected chi connectivity index (χ4v) is 4.27. The minimum atomic E-state index is -4.68. The largest absolute Gasteiger partial charge is 0.416 e. The zero-order chi connectivity index (χ0) is 35.5. The van der Waals surface area contributed by atoms with Crippen LogP contribution in [0, 0.1) is 0 Å². The topological polar surface area (TPSA) is 197 Å². The van der Waals surface area contributed by atoms with E-state index in [2.05, 4.69) is 10.6 Å². The average molecular weight is 678 g/mol. The Morgan fingerprint density at radius 3 is 1.77 bits per heavy atom. The number of nitrogens with zero attached hydrogens (tertiary/aromatic N) is 2. The number of benzene rings is 2. The number of alkyl halides is 6. The Morgan fingerprint density at radius 2 is 1.30 bits per heavy atom. The standard InChI is InChI=1S/C29H37F6N7O5/c1-41(27(47)18-4-8-20(9-5-18)29(33,34)35)15-12-39-26(46)23(24(44)17-2-6-19(7-3-17)28(30,31)32)40-25(45)21(38)16-22(43)42(13-10-36)14-11-37/h2-9,21,23-24,44H,10-16,36-38H2,1H3,(H,39,46)(H,40,45)/t21-,23-,24+/m0/s1. The molecular formula is C29H37F6N7O5. The number of aliphatic hydroxyl groups excluding tert-OH is 1. The van der Waals surface area contributed by atoms with Crippen molar-refractivity contribution >= 4 is 23.6 Å². The molecule has 0 radical (unpaired) electrons. The molecule has 2 rings (SSSR count). The predicted molar refractivity (Wildman–Crippen MR) is 157 cm³/mol. The Balaban J connectivity index is 2.17. The molecule has 18 heteroatoms. The molecule has 0 saturated heterocycles. The molecule has 260 valence electrons. The Kier molecular flexibility index (Phi) is 14.1. The molecule has 4 amide bonds. The summed E-state index contributed by atoms with van der Waals surface area (Å²) < 4.78 is 77.6. The lowest BCUT2D eigenvalue weighted by atomic mass is 9.99. The van der Waals surface area contributed by atoms with Gasteiger partial charge in [0.25, 0.3) is 5.91 Å². The molecule has 47 heavy (non-hydrogen) atoms. The molecule has 0 saturated carbocycles. The Hall–Kier alpha value is -4.26. The second-order valence-corrected chi connectivity index (χ2v) is 10.4. The maximum absolute atomic E-state index is 13.2. The van der Waals surface area contributed by atoms with Crippen molar-refractivity contribution in [2.24, 2.45) is 17.2 Å². The molecule has 0 heterocycles. The second-order valence-electron chi connectivity index (χ2n) is 10.4. The van der Waals surface area contributed by atoms with E-state index in [1.165, 1.54) is 11.9 Å². The van der Waals surface area contributed by atoms with Gasteiger partial charge in [0.15, 0.2) is 0 Å². The highest BCUT2D eigenvalue weighted by Crippen LogP contribution is 2.31. The van der Waals surface area contributed by atoms with Crippen molar-refractivity contribution in [1.82, 2.24) is 20.4 Å². The van der Waals surface area contributed by atoms with E-state index in [4.69, 9.17) is 17.2 Å². The molecule has 3 atom stereocenters. The number of hydrogen-bond acceptors (Lipinski definition) is 8. The first-order valence-electron chi connectivity index (χ1n) is 14.2. The smallest absolute Gasteiger partial charge is 0.386 e. The van der Waals surface area contributed by atoms with Crippen LogP contribution in [0.1, 0.15) is 39.6 Å². The van der Waals surface area contributed by atoms with Gasteiger partial charge in [-0.3, -0.25) is 19.2 Å². The lowest BCUT2D eigenvalue weighted by Gasteiger charge is -2.27. The maximum Gasteiger partial charge on any atom is 0.416 e. The van der Waals surface area contributed by atoms with Gasteiger partial charge in [0, 0.05) is 51.9 Å². The predicted octanol–water partition coefficient (Wildman–Crippen LogP) is 0.594. The van der Waals surface area contributed by atoms with Crippen molar-refractivity contribution in [3.63, 3.8) is 0 Å². The van der Waals surface area contributed by atoms with Crippen LogP contribution in [0.5, 0.6) is 0 Å². The first kappa shape index (κ1) is 38.9. The fraction of sp³-hybridized carbons (Fsp3) is 0.448. The number of carbonyl (C=O) groups excluding carboxylic acids is 4. The molecule has 0 fully saturated rings. The zero-order valence-corrected chi connectivity index (χ0v) is 25.3. The van der Waals surface area contributed by atoms with Crippen LogP contribution in [0.3, 0.4) is 0 Å². The van der Waals surface area contributed by atoms with E-state index in [-0.39, 0.29) is 50.4 Å². The molecule has 12 nitrogen and oxygen atoms in total. The molecule has 0 spiro atoms. The number of halogens is 6. The van der Waals surface area contributed by atoms with Crippen LogP contribution in [-0.4, -0.2) is 96.9 Å². The summed E-state index contributed by atoms with van der Waals surface area (Å²) in [6.45, 7) is 0.0513. The van der Waals surface area contributed by atoms with Crippen LogP contribution >= 0.6 is 0 Å². The van der Waals surface area contributed by atoms with Crippen molar-refractivity contribution in [2.75, 3.05) is 46.3 Å². The molecule has 0 aromatic heterocycles. The summed E-state index contributed by atoms with van der Waals surface area (Å²) >= 11 is 0. The summed E-state index contributed by atoms with van der Waals surface area (Å²) in [5.41, 5.74) is 14.7. The minimum absolute atomic E-state index is 0.0604. The second kappa shape index (κ2) is 17.1. The van der Waals surface area contributed by atoms with Gasteiger partial charge in [0.1, 0.15) is 12.1 Å². The number of rotatable bonds is 15. The quantitative estimate of drug-likeness (QED) is 0.147. The molecule has 0 bridgehead atoms. The van der Waals surface area contributed by atoms with Gasteiger partial charge < -0.3 is 42.7 Å². The molecule has 2 aromatic rings. The van der Waals surface area contributed by atoms with Gasteiger partial charge in [-0.05, 0) is 42.0 Å². The molecule has 9 N–H and O–H groups in total. The average Bonchev–Trinajstić information content (AvgIpc) is 3.01. The molecule has 0 aliphatic heterocycles. The molecular weight excluding hydrogens is 640 g/mol. The molecule has 0 aliphatic rings. The van der Waals surface area contributed by atoms with E-state index in [0.29, 0.717) is 12.1 Å². The molecule has 0 unspecified atom stereocenters. The monoisotopic (exact) mass is 677 g/mol. The number of likely N-dealkylation sites (N-methyl/N-ethyl adjacent to an activating group) is 1. The maximum atomic E-state index is 13.2. The number of nitrogens with two attached hydrogens (primary N) is 3.